The number of anilines is 1. The van der Waals surface area contributed by atoms with Crippen molar-refractivity contribution in [1.82, 2.24) is 4.90 Å². The summed E-state index contributed by atoms with van der Waals surface area (Å²) in [6.07, 6.45) is -0.799. The van der Waals surface area contributed by atoms with Crippen LogP contribution in [0.2, 0.25) is 0 Å². The molecule has 0 radical (unpaired) electrons. The topological polar surface area (TPSA) is 105 Å². The molecular formula is C14H15N3O4. The van der Waals surface area contributed by atoms with Crippen LogP contribution in [0.4, 0.5) is 10.5 Å². The van der Waals surface area contributed by atoms with Crippen LogP contribution in [-0.2, 0) is 4.79 Å². The van der Waals surface area contributed by atoms with Crippen molar-refractivity contribution < 1.29 is 19.8 Å². The minimum atomic E-state index is -1.13. The summed E-state index contributed by atoms with van der Waals surface area (Å²) < 4.78 is 0. The van der Waals surface area contributed by atoms with Gasteiger partial charge in [-0.05, 0) is 24.3 Å². The number of aliphatic hydroxyl groups is 1. The van der Waals surface area contributed by atoms with Gasteiger partial charge in [-0.3, -0.25) is 4.90 Å². The first-order valence-corrected chi connectivity index (χ1v) is 6.39. The molecule has 2 amide bonds. The second kappa shape index (κ2) is 5.81. The smallest absolute Gasteiger partial charge is 0.326 e. The summed E-state index contributed by atoms with van der Waals surface area (Å²) in [5, 5.41) is 27.4. The molecule has 0 spiro atoms. The molecule has 0 aromatic heterocycles. The van der Waals surface area contributed by atoms with Crippen LogP contribution < -0.4 is 4.90 Å². The fourth-order valence-electron chi connectivity index (χ4n) is 2.32. The van der Waals surface area contributed by atoms with Gasteiger partial charge in [0.2, 0.25) is 0 Å². The van der Waals surface area contributed by atoms with E-state index >= 15 is 0 Å². The number of carbonyl (C=O) groups is 2. The van der Waals surface area contributed by atoms with Crippen LogP contribution in [0.15, 0.2) is 24.3 Å². The zero-order chi connectivity index (χ0) is 15.6. The normalized spacial score (nSPS) is 20.9. The Morgan fingerprint density at radius 1 is 1.38 bits per heavy atom. The third-order valence-corrected chi connectivity index (χ3v) is 3.48. The molecule has 1 saturated heterocycles. The molecule has 1 aromatic carbocycles. The van der Waals surface area contributed by atoms with E-state index in [1.807, 2.05) is 6.07 Å². The molecule has 0 aliphatic carbocycles. The van der Waals surface area contributed by atoms with Gasteiger partial charge in [-0.1, -0.05) is 0 Å². The minimum absolute atomic E-state index is 0.00355. The number of rotatable bonds is 2. The largest absolute Gasteiger partial charge is 0.480 e. The van der Waals surface area contributed by atoms with Gasteiger partial charge < -0.3 is 15.1 Å². The SMILES string of the molecule is CN(C(=O)N1CC(O)C[C@H]1C(=O)O)c1ccc(C#N)cc1. The maximum absolute atomic E-state index is 12.4. The molecular weight excluding hydrogens is 274 g/mol. The lowest BCUT2D eigenvalue weighted by atomic mass is 10.2. The highest BCUT2D eigenvalue weighted by molar-refractivity contribution is 5.94. The van der Waals surface area contributed by atoms with E-state index in [0.29, 0.717) is 11.3 Å². The number of hydrogen-bond donors (Lipinski definition) is 2. The van der Waals surface area contributed by atoms with Crippen molar-refractivity contribution in [2.24, 2.45) is 0 Å². The summed E-state index contributed by atoms with van der Waals surface area (Å²) in [4.78, 5) is 26.0. The number of likely N-dealkylation sites (tertiary alicyclic amines) is 1. The van der Waals surface area contributed by atoms with E-state index in [1.54, 1.807) is 24.3 Å². The van der Waals surface area contributed by atoms with Gasteiger partial charge in [0.25, 0.3) is 0 Å². The number of nitrogens with zero attached hydrogens (tertiary/aromatic N) is 3. The predicted molar refractivity (Wildman–Crippen MR) is 73.7 cm³/mol. The van der Waals surface area contributed by atoms with Crippen molar-refractivity contribution in [1.29, 1.82) is 5.26 Å². The van der Waals surface area contributed by atoms with Crippen LogP contribution in [0, 0.1) is 11.3 Å². The van der Waals surface area contributed by atoms with Crippen LogP contribution in [0.3, 0.4) is 0 Å². The molecule has 1 aliphatic rings. The molecule has 2 N–H and O–H groups in total. The van der Waals surface area contributed by atoms with E-state index in [1.165, 1.54) is 11.9 Å². The van der Waals surface area contributed by atoms with Crippen LogP contribution >= 0.6 is 0 Å². The number of hydrogen-bond acceptors (Lipinski definition) is 4. The van der Waals surface area contributed by atoms with Crippen LogP contribution in [-0.4, -0.2) is 52.9 Å². The Labute approximate surface area is 121 Å². The summed E-state index contributed by atoms with van der Waals surface area (Å²) >= 11 is 0. The Bertz CT molecular complexity index is 593. The number of β-amino-alcohol motifs (C(OH)–C–C–N with tert-alkyl or cyclic N) is 1. The number of aliphatic carboxylic acids is 1. The average Bonchev–Trinajstić information content (AvgIpc) is 2.88. The van der Waals surface area contributed by atoms with E-state index in [2.05, 4.69) is 0 Å². The molecule has 1 aliphatic heterocycles. The van der Waals surface area contributed by atoms with Crippen molar-refractivity contribution in [2.45, 2.75) is 18.6 Å². The van der Waals surface area contributed by atoms with E-state index in [0.717, 1.165) is 4.90 Å². The fourth-order valence-corrected chi connectivity index (χ4v) is 2.32. The molecule has 0 saturated carbocycles. The third kappa shape index (κ3) is 2.95. The molecule has 21 heavy (non-hydrogen) atoms. The zero-order valence-corrected chi connectivity index (χ0v) is 11.4. The highest BCUT2D eigenvalue weighted by atomic mass is 16.4. The Hall–Kier alpha value is -2.59. The summed E-state index contributed by atoms with van der Waals surface area (Å²) in [5.41, 5.74) is 1.02. The van der Waals surface area contributed by atoms with Crippen LogP contribution in [0.1, 0.15) is 12.0 Å². The number of amides is 2. The number of carboxylic acid groups (broad SMARTS) is 1. The second-order valence-electron chi connectivity index (χ2n) is 4.90. The van der Waals surface area contributed by atoms with Crippen LogP contribution in [0.5, 0.6) is 0 Å². The summed E-state index contributed by atoms with van der Waals surface area (Å²) in [6.45, 7) is -0.00355. The van der Waals surface area contributed by atoms with Crippen molar-refractivity contribution >= 4 is 17.7 Å². The number of nitriles is 1. The lowest BCUT2D eigenvalue weighted by Gasteiger charge is -2.27. The number of benzene rings is 1. The molecule has 1 unspecified atom stereocenters. The predicted octanol–water partition coefficient (Wildman–Crippen LogP) is 0.634. The van der Waals surface area contributed by atoms with Gasteiger partial charge in [-0.15, -0.1) is 0 Å². The van der Waals surface area contributed by atoms with Gasteiger partial charge in [0.05, 0.1) is 17.7 Å². The Morgan fingerprint density at radius 3 is 2.52 bits per heavy atom. The van der Waals surface area contributed by atoms with Crippen molar-refractivity contribution in [2.75, 3.05) is 18.5 Å². The summed E-state index contributed by atoms with van der Waals surface area (Å²) in [5.74, 6) is -1.13. The van der Waals surface area contributed by atoms with Gasteiger partial charge >= 0.3 is 12.0 Å². The quantitative estimate of drug-likeness (QED) is 0.831. The van der Waals surface area contributed by atoms with E-state index in [9.17, 15) is 14.7 Å². The van der Waals surface area contributed by atoms with Gasteiger partial charge in [-0.2, -0.15) is 5.26 Å². The molecule has 1 heterocycles. The fraction of sp³-hybridized carbons (Fsp3) is 0.357. The van der Waals surface area contributed by atoms with Gasteiger partial charge in [0, 0.05) is 25.7 Å². The highest BCUT2D eigenvalue weighted by Crippen LogP contribution is 2.22. The molecule has 1 aromatic rings. The first kappa shape index (κ1) is 14.8. The Balaban J connectivity index is 2.18. The Morgan fingerprint density at radius 2 is 2.00 bits per heavy atom. The summed E-state index contributed by atoms with van der Waals surface area (Å²) in [7, 11) is 1.52. The van der Waals surface area contributed by atoms with Gasteiger partial charge in [0.1, 0.15) is 6.04 Å². The molecule has 0 bridgehead atoms. The molecule has 110 valence electrons. The van der Waals surface area contributed by atoms with E-state index in [-0.39, 0.29) is 13.0 Å². The monoisotopic (exact) mass is 289 g/mol. The molecule has 7 heteroatoms. The highest BCUT2D eigenvalue weighted by Gasteiger charge is 2.40. The van der Waals surface area contributed by atoms with E-state index in [4.69, 9.17) is 10.4 Å². The lowest BCUT2D eigenvalue weighted by Crippen LogP contribution is -2.47. The van der Waals surface area contributed by atoms with Crippen molar-refractivity contribution in [3.8, 4) is 6.07 Å². The third-order valence-electron chi connectivity index (χ3n) is 3.48. The number of carboxylic acids is 1. The summed E-state index contributed by atoms with van der Waals surface area (Å²) in [6, 6.07) is 6.84. The lowest BCUT2D eigenvalue weighted by molar-refractivity contribution is -0.141. The minimum Gasteiger partial charge on any atom is -0.480 e. The van der Waals surface area contributed by atoms with Crippen LogP contribution in [0.25, 0.3) is 0 Å². The first-order chi connectivity index (χ1) is 9.93. The van der Waals surface area contributed by atoms with E-state index < -0.39 is 24.1 Å². The maximum atomic E-state index is 12.4. The average molecular weight is 289 g/mol. The maximum Gasteiger partial charge on any atom is 0.326 e. The number of aliphatic hydroxyl groups excluding tert-OH is 1. The molecule has 2 rings (SSSR count). The first-order valence-electron chi connectivity index (χ1n) is 6.39. The number of carbonyl (C=O) groups excluding carboxylic acids is 1. The molecule has 2 atom stereocenters. The molecule has 1 fully saturated rings. The van der Waals surface area contributed by atoms with Gasteiger partial charge in [-0.25, -0.2) is 9.59 Å². The standard InChI is InChI=1S/C14H15N3O4/c1-16(10-4-2-9(7-15)3-5-10)14(21)17-8-11(18)6-12(17)13(19)20/h2-5,11-12,18H,6,8H2,1H3,(H,19,20)/t11?,12-/m0/s1. The zero-order valence-electron chi connectivity index (χ0n) is 11.4. The van der Waals surface area contributed by atoms with Crippen molar-refractivity contribution in [3.63, 3.8) is 0 Å². The van der Waals surface area contributed by atoms with Crippen molar-refractivity contribution in [3.05, 3.63) is 29.8 Å². The number of urea groups is 1. The molecule has 7 nitrogen and oxygen atoms in total. The van der Waals surface area contributed by atoms with Gasteiger partial charge in [0.15, 0.2) is 0 Å². The Kier molecular flexibility index (Phi) is 4.10. The second-order valence-corrected chi connectivity index (χ2v) is 4.90.